The number of hydrogen-bond donors (Lipinski definition) is 2. The van der Waals surface area contributed by atoms with Gasteiger partial charge in [0, 0.05) is 30.2 Å². The van der Waals surface area contributed by atoms with Crippen molar-refractivity contribution in [3.8, 4) is 5.75 Å². The summed E-state index contributed by atoms with van der Waals surface area (Å²) in [6.45, 7) is 2.30. The molecule has 0 aliphatic carbocycles. The third kappa shape index (κ3) is 4.08. The van der Waals surface area contributed by atoms with Gasteiger partial charge in [-0.15, -0.1) is 0 Å². The van der Waals surface area contributed by atoms with Crippen molar-refractivity contribution in [2.24, 2.45) is 0 Å². The molecule has 0 fully saturated rings. The third-order valence-corrected chi connectivity index (χ3v) is 4.94. The molecule has 4 aromatic rings. The Morgan fingerprint density at radius 3 is 2.80 bits per heavy atom. The fourth-order valence-corrected chi connectivity index (χ4v) is 3.21. The quantitative estimate of drug-likeness (QED) is 0.448. The summed E-state index contributed by atoms with van der Waals surface area (Å²) >= 11 is 3.38. The number of nitrogens with one attached hydrogen (secondary N) is 2. The molecule has 1 amide bonds. The molecule has 3 aromatic heterocycles. The molecule has 4 rings (SSSR count). The molecule has 0 aliphatic rings. The molecule has 1 aromatic carbocycles. The van der Waals surface area contributed by atoms with Crippen LogP contribution >= 0.6 is 15.9 Å². The molecule has 30 heavy (non-hydrogen) atoms. The van der Waals surface area contributed by atoms with Crippen molar-refractivity contribution in [2.45, 2.75) is 13.5 Å². The number of ether oxygens (including phenoxy) is 1. The number of methoxy groups -OCH3 is 1. The number of benzene rings is 1. The molecule has 0 bridgehead atoms. The maximum Gasteiger partial charge on any atom is 0.255 e. The van der Waals surface area contributed by atoms with Crippen LogP contribution in [0, 0.1) is 6.92 Å². The number of halogens is 1. The van der Waals surface area contributed by atoms with E-state index in [0.717, 1.165) is 11.3 Å². The highest BCUT2D eigenvalue weighted by atomic mass is 79.9. The summed E-state index contributed by atoms with van der Waals surface area (Å²) in [5.41, 5.74) is 3.55. The molecule has 0 aliphatic heterocycles. The van der Waals surface area contributed by atoms with E-state index in [4.69, 9.17) is 4.74 Å². The number of aryl methyl sites for hydroxylation is 1. The van der Waals surface area contributed by atoms with Gasteiger partial charge in [0.1, 0.15) is 16.7 Å². The minimum atomic E-state index is -0.236. The molecule has 0 atom stereocenters. The first-order chi connectivity index (χ1) is 14.5. The number of carbonyl (C=O) groups excluding carboxylic acids is 1. The van der Waals surface area contributed by atoms with Gasteiger partial charge in [-0.25, -0.2) is 14.5 Å². The van der Waals surface area contributed by atoms with Crippen LogP contribution in [0.1, 0.15) is 21.6 Å². The van der Waals surface area contributed by atoms with Crippen LogP contribution in [0.5, 0.6) is 5.75 Å². The van der Waals surface area contributed by atoms with Crippen LogP contribution in [0.4, 0.5) is 11.5 Å². The average molecular weight is 468 g/mol. The molecule has 152 valence electrons. The first-order valence-corrected chi connectivity index (χ1v) is 9.83. The zero-order valence-electron chi connectivity index (χ0n) is 16.3. The zero-order valence-corrected chi connectivity index (χ0v) is 17.8. The van der Waals surface area contributed by atoms with Gasteiger partial charge < -0.3 is 15.4 Å². The standard InChI is InChI=1S/C20H18BrN7O2/c1-12-3-4-13(8-22-12)9-24-20(29)15-6-5-14(7-16(15)30-2)27-18-19-25-11-26-28(19)17(21)10-23-18/h3-8,10-11H,9H2,1-2H3,(H,23,27)(H,24,29). The van der Waals surface area contributed by atoms with Crippen molar-refractivity contribution < 1.29 is 9.53 Å². The van der Waals surface area contributed by atoms with Crippen molar-refractivity contribution in [1.29, 1.82) is 0 Å². The number of amides is 1. The second-order valence-electron chi connectivity index (χ2n) is 6.46. The maximum absolute atomic E-state index is 12.6. The highest BCUT2D eigenvalue weighted by Gasteiger charge is 2.14. The molecule has 0 saturated carbocycles. The smallest absolute Gasteiger partial charge is 0.255 e. The molecule has 3 heterocycles. The van der Waals surface area contributed by atoms with E-state index < -0.39 is 0 Å². The number of aromatic nitrogens is 5. The van der Waals surface area contributed by atoms with Gasteiger partial charge in [0.15, 0.2) is 11.5 Å². The number of hydrogen-bond acceptors (Lipinski definition) is 7. The van der Waals surface area contributed by atoms with E-state index in [1.165, 1.54) is 13.4 Å². The Labute approximate surface area is 180 Å². The van der Waals surface area contributed by atoms with Crippen molar-refractivity contribution >= 4 is 39.0 Å². The predicted molar refractivity (Wildman–Crippen MR) is 115 cm³/mol. The zero-order chi connectivity index (χ0) is 21.1. The van der Waals surface area contributed by atoms with Gasteiger partial charge in [-0.3, -0.25) is 9.78 Å². The second-order valence-corrected chi connectivity index (χ2v) is 7.27. The highest BCUT2D eigenvalue weighted by molar-refractivity contribution is 9.10. The van der Waals surface area contributed by atoms with Gasteiger partial charge in [0.05, 0.1) is 18.9 Å². The van der Waals surface area contributed by atoms with Gasteiger partial charge >= 0.3 is 0 Å². The normalized spacial score (nSPS) is 10.8. The molecule has 0 saturated heterocycles. The van der Waals surface area contributed by atoms with Crippen LogP contribution in [-0.4, -0.2) is 37.6 Å². The summed E-state index contributed by atoms with van der Waals surface area (Å²) in [6, 6.07) is 9.05. The van der Waals surface area contributed by atoms with E-state index in [0.29, 0.717) is 39.6 Å². The largest absolute Gasteiger partial charge is 0.496 e. The van der Waals surface area contributed by atoms with Crippen molar-refractivity contribution in [3.05, 3.63) is 70.5 Å². The maximum atomic E-state index is 12.6. The van der Waals surface area contributed by atoms with Crippen LogP contribution in [0.15, 0.2) is 53.7 Å². The number of nitrogens with zero attached hydrogens (tertiary/aromatic N) is 5. The minimum Gasteiger partial charge on any atom is -0.496 e. The Bertz CT molecular complexity index is 1210. The van der Waals surface area contributed by atoms with Crippen LogP contribution in [-0.2, 0) is 6.54 Å². The van der Waals surface area contributed by atoms with E-state index in [-0.39, 0.29) is 5.91 Å². The van der Waals surface area contributed by atoms with E-state index in [1.54, 1.807) is 35.1 Å². The predicted octanol–water partition coefficient (Wildman–Crippen LogP) is 3.27. The fourth-order valence-electron chi connectivity index (χ4n) is 2.85. The lowest BCUT2D eigenvalue weighted by molar-refractivity contribution is 0.0948. The summed E-state index contributed by atoms with van der Waals surface area (Å²) in [4.78, 5) is 25.4. The summed E-state index contributed by atoms with van der Waals surface area (Å²) in [6.07, 6.45) is 4.82. The SMILES string of the molecule is COc1cc(Nc2ncc(Br)n3ncnc23)ccc1C(=O)NCc1ccc(C)nc1. The van der Waals surface area contributed by atoms with Crippen LogP contribution in [0.25, 0.3) is 5.65 Å². The van der Waals surface area contributed by atoms with Crippen LogP contribution < -0.4 is 15.4 Å². The van der Waals surface area contributed by atoms with Crippen LogP contribution in [0.2, 0.25) is 0 Å². The van der Waals surface area contributed by atoms with Gasteiger partial charge in [0.2, 0.25) is 0 Å². The van der Waals surface area contributed by atoms with E-state index in [9.17, 15) is 4.79 Å². The Morgan fingerprint density at radius 2 is 2.03 bits per heavy atom. The molecule has 0 spiro atoms. The van der Waals surface area contributed by atoms with Gasteiger partial charge in [-0.1, -0.05) is 6.07 Å². The van der Waals surface area contributed by atoms with E-state index in [1.807, 2.05) is 19.1 Å². The summed E-state index contributed by atoms with van der Waals surface area (Å²) in [5, 5.41) is 10.2. The third-order valence-electron chi connectivity index (χ3n) is 4.40. The van der Waals surface area contributed by atoms with Crippen molar-refractivity contribution in [3.63, 3.8) is 0 Å². The van der Waals surface area contributed by atoms with Gasteiger partial charge in [-0.2, -0.15) is 5.10 Å². The van der Waals surface area contributed by atoms with E-state index >= 15 is 0 Å². The highest BCUT2D eigenvalue weighted by Crippen LogP contribution is 2.27. The first-order valence-electron chi connectivity index (χ1n) is 9.04. The Hall–Kier alpha value is -3.53. The Morgan fingerprint density at radius 1 is 1.17 bits per heavy atom. The molecule has 10 heteroatoms. The van der Waals surface area contributed by atoms with Crippen LogP contribution in [0.3, 0.4) is 0 Å². The molecular formula is C20H18BrN7O2. The average Bonchev–Trinajstić information content (AvgIpc) is 3.26. The lowest BCUT2D eigenvalue weighted by Gasteiger charge is -2.12. The number of rotatable bonds is 6. The minimum absolute atomic E-state index is 0.236. The number of pyridine rings is 1. The topological polar surface area (TPSA) is 106 Å². The second kappa shape index (κ2) is 8.46. The lowest BCUT2D eigenvalue weighted by atomic mass is 10.1. The first kappa shape index (κ1) is 19.8. The summed E-state index contributed by atoms with van der Waals surface area (Å²) in [5.74, 6) is 0.733. The number of fused-ring (bicyclic) bond motifs is 1. The Balaban J connectivity index is 1.52. The van der Waals surface area contributed by atoms with Gasteiger partial charge in [0.25, 0.3) is 5.91 Å². The summed E-state index contributed by atoms with van der Waals surface area (Å²) in [7, 11) is 1.52. The molecule has 0 radical (unpaired) electrons. The van der Waals surface area contributed by atoms with Crippen molar-refractivity contribution in [1.82, 2.24) is 29.9 Å². The van der Waals surface area contributed by atoms with Gasteiger partial charge in [-0.05, 0) is 46.6 Å². The number of carbonyl (C=O) groups is 1. The monoisotopic (exact) mass is 467 g/mol. The number of anilines is 2. The Kier molecular flexibility index (Phi) is 5.57. The fraction of sp³-hybridized carbons (Fsp3) is 0.150. The molecule has 2 N–H and O–H groups in total. The molecular weight excluding hydrogens is 450 g/mol. The lowest BCUT2D eigenvalue weighted by Crippen LogP contribution is -2.23. The van der Waals surface area contributed by atoms with E-state index in [2.05, 4.69) is 46.6 Å². The molecule has 9 nitrogen and oxygen atoms in total. The summed E-state index contributed by atoms with van der Waals surface area (Å²) < 4.78 is 7.74. The van der Waals surface area contributed by atoms with Crippen molar-refractivity contribution in [2.75, 3.05) is 12.4 Å². The molecule has 0 unspecified atom stereocenters.